The van der Waals surface area contributed by atoms with Gasteiger partial charge < -0.3 is 10.8 Å². The zero-order valence-electron chi connectivity index (χ0n) is 10.5. The summed E-state index contributed by atoms with van der Waals surface area (Å²) in [6.45, 7) is 0.556. The molecule has 0 saturated heterocycles. The Morgan fingerprint density at radius 1 is 1.39 bits per heavy atom. The normalized spacial score (nSPS) is 35.9. The van der Waals surface area contributed by atoms with Crippen LogP contribution in [0.2, 0.25) is 5.02 Å². The molecule has 1 aromatic rings. The molecule has 1 aromatic carbocycles. The molecule has 2 fully saturated rings. The van der Waals surface area contributed by atoms with Crippen LogP contribution in [0.1, 0.15) is 37.4 Å². The molecule has 3 rings (SSSR count). The van der Waals surface area contributed by atoms with Gasteiger partial charge in [-0.2, -0.15) is 0 Å². The number of hydrogen-bond acceptors (Lipinski definition) is 2. The maximum atomic E-state index is 10.8. The number of benzene rings is 1. The number of aliphatic hydroxyl groups is 1. The minimum Gasteiger partial charge on any atom is -0.388 e. The second kappa shape index (κ2) is 4.52. The van der Waals surface area contributed by atoms with Crippen LogP contribution in [0.25, 0.3) is 0 Å². The van der Waals surface area contributed by atoms with Gasteiger partial charge in [0, 0.05) is 17.0 Å². The van der Waals surface area contributed by atoms with Gasteiger partial charge in [0.2, 0.25) is 0 Å². The molecule has 2 aliphatic rings. The topological polar surface area (TPSA) is 46.2 Å². The Morgan fingerprint density at radius 2 is 2.17 bits per heavy atom. The Hall–Kier alpha value is -0.570. The van der Waals surface area contributed by atoms with E-state index in [-0.39, 0.29) is 5.41 Å². The van der Waals surface area contributed by atoms with Crippen molar-refractivity contribution in [3.8, 4) is 0 Å². The molecule has 0 heterocycles. The number of fused-ring (bicyclic) bond motifs is 2. The van der Waals surface area contributed by atoms with Crippen molar-refractivity contribution in [1.82, 2.24) is 0 Å². The van der Waals surface area contributed by atoms with Crippen LogP contribution < -0.4 is 5.73 Å². The molecule has 0 spiro atoms. The van der Waals surface area contributed by atoms with Crippen molar-refractivity contribution in [2.24, 2.45) is 23.0 Å². The Bertz CT molecular complexity index is 450. The number of hydrogen-bond donors (Lipinski definition) is 2. The largest absolute Gasteiger partial charge is 0.388 e. The van der Waals surface area contributed by atoms with Gasteiger partial charge in [0.05, 0.1) is 6.10 Å². The molecule has 2 nitrogen and oxygen atoms in total. The smallest absolute Gasteiger partial charge is 0.0875 e. The standard InChI is InChI=1S/C15H20ClNO/c16-13-4-2-1-3-12(13)14(18)15(9-17)8-10-5-6-11(15)7-10/h1-4,10-11,14,18H,5-9,17H2. The fraction of sp³-hybridized carbons (Fsp3) is 0.600. The summed E-state index contributed by atoms with van der Waals surface area (Å²) in [5, 5.41) is 11.5. The summed E-state index contributed by atoms with van der Waals surface area (Å²) >= 11 is 6.22. The van der Waals surface area contributed by atoms with Gasteiger partial charge in [-0.3, -0.25) is 0 Å². The van der Waals surface area contributed by atoms with E-state index in [2.05, 4.69) is 0 Å². The van der Waals surface area contributed by atoms with Crippen molar-refractivity contribution < 1.29 is 5.11 Å². The minimum absolute atomic E-state index is 0.145. The summed E-state index contributed by atoms with van der Waals surface area (Å²) in [6, 6.07) is 7.60. The van der Waals surface area contributed by atoms with Crippen LogP contribution in [0.5, 0.6) is 0 Å². The summed E-state index contributed by atoms with van der Waals surface area (Å²) in [5.74, 6) is 1.33. The molecule has 0 aromatic heterocycles. The van der Waals surface area contributed by atoms with Crippen molar-refractivity contribution in [2.45, 2.75) is 31.8 Å². The van der Waals surface area contributed by atoms with E-state index in [0.717, 1.165) is 17.9 Å². The molecule has 2 aliphatic carbocycles. The predicted octanol–water partition coefficient (Wildman–Crippen LogP) is 3.14. The van der Waals surface area contributed by atoms with Crippen molar-refractivity contribution in [2.75, 3.05) is 6.54 Å². The predicted molar refractivity (Wildman–Crippen MR) is 73.3 cm³/mol. The lowest BCUT2D eigenvalue weighted by molar-refractivity contribution is -0.0129. The Labute approximate surface area is 113 Å². The molecular formula is C15H20ClNO. The van der Waals surface area contributed by atoms with Crippen LogP contribution in [0, 0.1) is 17.3 Å². The van der Waals surface area contributed by atoms with Gasteiger partial charge in [0.25, 0.3) is 0 Å². The van der Waals surface area contributed by atoms with Crippen LogP contribution in [-0.4, -0.2) is 11.7 Å². The third-order valence-electron chi connectivity index (χ3n) is 5.15. The van der Waals surface area contributed by atoms with Gasteiger partial charge in [-0.15, -0.1) is 0 Å². The van der Waals surface area contributed by atoms with E-state index in [0.29, 0.717) is 17.5 Å². The van der Waals surface area contributed by atoms with E-state index in [4.69, 9.17) is 17.3 Å². The van der Waals surface area contributed by atoms with E-state index >= 15 is 0 Å². The van der Waals surface area contributed by atoms with Crippen molar-refractivity contribution in [3.05, 3.63) is 34.9 Å². The van der Waals surface area contributed by atoms with Crippen LogP contribution in [0.15, 0.2) is 24.3 Å². The lowest BCUT2D eigenvalue weighted by Gasteiger charge is -2.41. The lowest BCUT2D eigenvalue weighted by Crippen LogP contribution is -2.41. The van der Waals surface area contributed by atoms with E-state index in [9.17, 15) is 5.11 Å². The SMILES string of the molecule is NCC1(C(O)c2ccccc2Cl)CC2CCC1C2. The van der Waals surface area contributed by atoms with Gasteiger partial charge in [0.15, 0.2) is 0 Å². The lowest BCUT2D eigenvalue weighted by atomic mass is 9.67. The van der Waals surface area contributed by atoms with Gasteiger partial charge in [0.1, 0.15) is 0 Å². The highest BCUT2D eigenvalue weighted by molar-refractivity contribution is 6.31. The Kier molecular flexibility index (Phi) is 3.13. The fourth-order valence-electron chi connectivity index (χ4n) is 4.19. The third-order valence-corrected chi connectivity index (χ3v) is 5.49. The van der Waals surface area contributed by atoms with Crippen LogP contribution in [0.4, 0.5) is 0 Å². The van der Waals surface area contributed by atoms with E-state index in [1.165, 1.54) is 19.3 Å². The molecule has 0 amide bonds. The quantitative estimate of drug-likeness (QED) is 0.882. The minimum atomic E-state index is -0.522. The average molecular weight is 266 g/mol. The molecule has 2 saturated carbocycles. The molecule has 3 N–H and O–H groups in total. The summed E-state index contributed by atoms with van der Waals surface area (Å²) in [5.41, 5.74) is 6.74. The average Bonchev–Trinajstić information content (AvgIpc) is 2.99. The molecule has 0 radical (unpaired) electrons. The third kappa shape index (κ3) is 1.70. The summed E-state index contributed by atoms with van der Waals surface area (Å²) in [4.78, 5) is 0. The van der Waals surface area contributed by atoms with Gasteiger partial charge in [-0.25, -0.2) is 0 Å². The highest BCUT2D eigenvalue weighted by atomic mass is 35.5. The molecule has 2 bridgehead atoms. The number of nitrogens with two attached hydrogens (primary N) is 1. The van der Waals surface area contributed by atoms with Crippen molar-refractivity contribution in [3.63, 3.8) is 0 Å². The number of halogens is 1. The van der Waals surface area contributed by atoms with E-state index in [1.807, 2.05) is 24.3 Å². The summed E-state index contributed by atoms with van der Waals surface area (Å²) < 4.78 is 0. The second-order valence-corrected chi connectivity index (χ2v) is 6.35. The Balaban J connectivity index is 1.96. The monoisotopic (exact) mass is 265 g/mol. The fourth-order valence-corrected chi connectivity index (χ4v) is 4.43. The van der Waals surface area contributed by atoms with Crippen molar-refractivity contribution in [1.29, 1.82) is 0 Å². The first-order chi connectivity index (χ1) is 8.67. The molecule has 4 atom stereocenters. The number of rotatable bonds is 3. The summed E-state index contributed by atoms with van der Waals surface area (Å²) in [6.07, 6.45) is 4.29. The van der Waals surface area contributed by atoms with Crippen molar-refractivity contribution >= 4 is 11.6 Å². The molecule has 98 valence electrons. The first kappa shape index (κ1) is 12.5. The van der Waals surface area contributed by atoms with Gasteiger partial charge >= 0.3 is 0 Å². The molecule has 3 heteroatoms. The molecular weight excluding hydrogens is 246 g/mol. The van der Waals surface area contributed by atoms with Crippen LogP contribution in [-0.2, 0) is 0 Å². The first-order valence-electron chi connectivity index (χ1n) is 6.80. The highest BCUT2D eigenvalue weighted by Crippen LogP contribution is 2.60. The van der Waals surface area contributed by atoms with E-state index in [1.54, 1.807) is 0 Å². The zero-order chi connectivity index (χ0) is 12.8. The molecule has 0 aliphatic heterocycles. The van der Waals surface area contributed by atoms with Crippen LogP contribution in [0.3, 0.4) is 0 Å². The van der Waals surface area contributed by atoms with Crippen LogP contribution >= 0.6 is 11.6 Å². The summed E-state index contributed by atoms with van der Waals surface area (Å²) in [7, 11) is 0. The molecule has 18 heavy (non-hydrogen) atoms. The Morgan fingerprint density at radius 3 is 2.72 bits per heavy atom. The van der Waals surface area contributed by atoms with Gasteiger partial charge in [-0.1, -0.05) is 36.2 Å². The second-order valence-electron chi connectivity index (χ2n) is 5.94. The number of aliphatic hydroxyl groups excluding tert-OH is 1. The maximum Gasteiger partial charge on any atom is 0.0875 e. The maximum absolute atomic E-state index is 10.8. The molecule has 4 unspecified atom stereocenters. The van der Waals surface area contributed by atoms with E-state index < -0.39 is 6.10 Å². The first-order valence-corrected chi connectivity index (χ1v) is 7.18. The van der Waals surface area contributed by atoms with Gasteiger partial charge in [-0.05, 0) is 42.7 Å². The zero-order valence-corrected chi connectivity index (χ0v) is 11.2. The highest BCUT2D eigenvalue weighted by Gasteiger charge is 2.54.